The third kappa shape index (κ3) is 4.76. The van der Waals surface area contributed by atoms with Crippen LogP contribution in [-0.4, -0.2) is 13.0 Å². The van der Waals surface area contributed by atoms with Gasteiger partial charge in [0, 0.05) is 5.33 Å². The lowest BCUT2D eigenvalue weighted by atomic mass is 10.2. The summed E-state index contributed by atoms with van der Waals surface area (Å²) in [6, 6.07) is 3.26. The summed E-state index contributed by atoms with van der Waals surface area (Å²) < 4.78 is 67.4. The smallest absolute Gasteiger partial charge is 0.431 e. The fourth-order valence-electron chi connectivity index (χ4n) is 1.03. The first-order chi connectivity index (χ1) is 7.81. The fraction of sp³-hybridized carbons (Fsp3) is 0.333. The molecule has 1 aromatic rings. The maximum Gasteiger partial charge on any atom is 0.573 e. The number of halogens is 6. The summed E-state index contributed by atoms with van der Waals surface area (Å²) in [4.78, 5) is 0. The third-order valence-electron chi connectivity index (χ3n) is 1.60. The van der Waals surface area contributed by atoms with E-state index in [2.05, 4.69) is 25.4 Å². The van der Waals surface area contributed by atoms with Gasteiger partial charge < -0.3 is 9.47 Å². The Bertz CT molecular complexity index is 380. The van der Waals surface area contributed by atoms with Gasteiger partial charge in [0.2, 0.25) is 0 Å². The van der Waals surface area contributed by atoms with E-state index in [4.69, 9.17) is 0 Å². The largest absolute Gasteiger partial charge is 0.573 e. The summed E-state index contributed by atoms with van der Waals surface area (Å²) in [5.74, 6) is -1.46. The van der Waals surface area contributed by atoms with Gasteiger partial charge in [0.15, 0.2) is 11.5 Å². The van der Waals surface area contributed by atoms with Crippen molar-refractivity contribution in [1.29, 1.82) is 0 Å². The average molecular weight is 321 g/mol. The van der Waals surface area contributed by atoms with Crippen molar-refractivity contribution in [3.63, 3.8) is 0 Å². The molecule has 0 fully saturated rings. The van der Waals surface area contributed by atoms with Crippen LogP contribution in [-0.2, 0) is 5.33 Å². The molecule has 0 spiro atoms. The van der Waals surface area contributed by atoms with Gasteiger partial charge in [-0.25, -0.2) is 0 Å². The molecule has 0 heterocycles. The molecule has 0 aliphatic heterocycles. The van der Waals surface area contributed by atoms with Crippen molar-refractivity contribution < 1.29 is 31.4 Å². The Morgan fingerprint density at radius 3 is 2.29 bits per heavy atom. The lowest BCUT2D eigenvalue weighted by Gasteiger charge is -2.14. The average Bonchev–Trinajstić information content (AvgIpc) is 2.17. The summed E-state index contributed by atoms with van der Waals surface area (Å²) >= 11 is 3.04. The molecule has 0 saturated heterocycles. The quantitative estimate of drug-likeness (QED) is 0.614. The van der Waals surface area contributed by atoms with Crippen LogP contribution in [0.15, 0.2) is 18.2 Å². The van der Waals surface area contributed by atoms with Gasteiger partial charge in [-0.15, -0.1) is 13.2 Å². The molecule has 1 aromatic carbocycles. The number of hydrogen-bond acceptors (Lipinski definition) is 2. The van der Waals surface area contributed by atoms with Gasteiger partial charge in [-0.1, -0.05) is 22.0 Å². The molecule has 8 heteroatoms. The van der Waals surface area contributed by atoms with Crippen molar-refractivity contribution in [1.82, 2.24) is 0 Å². The summed E-state index contributed by atoms with van der Waals surface area (Å²) in [7, 11) is 0. The van der Waals surface area contributed by atoms with E-state index in [1.165, 1.54) is 6.07 Å². The summed E-state index contributed by atoms with van der Waals surface area (Å²) in [6.07, 6.45) is -4.96. The van der Waals surface area contributed by atoms with Crippen LogP contribution in [0.3, 0.4) is 0 Å². The van der Waals surface area contributed by atoms with Gasteiger partial charge in [-0.2, -0.15) is 8.78 Å². The summed E-state index contributed by atoms with van der Waals surface area (Å²) in [5, 5.41) is 0.291. The van der Waals surface area contributed by atoms with E-state index in [1.807, 2.05) is 0 Å². The second-order valence-electron chi connectivity index (χ2n) is 2.84. The van der Waals surface area contributed by atoms with E-state index in [0.29, 0.717) is 10.9 Å². The molecule has 0 aliphatic rings. The molecule has 0 saturated carbocycles. The molecule has 17 heavy (non-hydrogen) atoms. The second-order valence-corrected chi connectivity index (χ2v) is 3.40. The number of benzene rings is 1. The lowest BCUT2D eigenvalue weighted by molar-refractivity contribution is -0.275. The van der Waals surface area contributed by atoms with Crippen LogP contribution in [0.4, 0.5) is 22.0 Å². The van der Waals surface area contributed by atoms with Crippen molar-refractivity contribution >= 4 is 15.9 Å². The molecule has 0 aliphatic carbocycles. The van der Waals surface area contributed by atoms with Crippen molar-refractivity contribution in [2.45, 2.75) is 18.3 Å². The second kappa shape index (κ2) is 5.52. The molecule has 96 valence electrons. The molecule has 1 rings (SSSR count). The highest BCUT2D eigenvalue weighted by atomic mass is 79.9. The predicted octanol–water partition coefficient (Wildman–Crippen LogP) is 4.08. The summed E-state index contributed by atoms with van der Waals surface area (Å²) in [6.45, 7) is -3.23. The van der Waals surface area contributed by atoms with E-state index in [-0.39, 0.29) is 0 Å². The van der Waals surface area contributed by atoms with Crippen LogP contribution in [0.25, 0.3) is 0 Å². The number of hydrogen-bond donors (Lipinski definition) is 0. The molecule has 0 amide bonds. The molecular weight excluding hydrogens is 315 g/mol. The molecule has 0 radical (unpaired) electrons. The van der Waals surface area contributed by atoms with Crippen molar-refractivity contribution in [3.8, 4) is 11.5 Å². The van der Waals surface area contributed by atoms with Crippen LogP contribution in [0.2, 0.25) is 0 Å². The van der Waals surface area contributed by atoms with Crippen LogP contribution < -0.4 is 9.47 Å². The highest BCUT2D eigenvalue weighted by Gasteiger charge is 2.32. The van der Waals surface area contributed by atoms with Gasteiger partial charge >= 0.3 is 13.0 Å². The van der Waals surface area contributed by atoms with Crippen LogP contribution in [0.1, 0.15) is 5.56 Å². The highest BCUT2D eigenvalue weighted by Crippen LogP contribution is 2.34. The standard InChI is InChI=1S/C9H6BrF5O2/c10-4-5-1-2-6(17-9(13,14)15)7(3-5)16-8(11)12/h1-3,8H,4H2. The van der Waals surface area contributed by atoms with Crippen LogP contribution in [0.5, 0.6) is 11.5 Å². The topological polar surface area (TPSA) is 18.5 Å². The zero-order valence-electron chi connectivity index (χ0n) is 8.10. The molecule has 0 aromatic heterocycles. The van der Waals surface area contributed by atoms with Crippen molar-refractivity contribution in [2.24, 2.45) is 0 Å². The van der Waals surface area contributed by atoms with E-state index >= 15 is 0 Å². The van der Waals surface area contributed by atoms with E-state index in [1.54, 1.807) is 0 Å². The maximum atomic E-state index is 12.0. The van der Waals surface area contributed by atoms with Crippen molar-refractivity contribution in [2.75, 3.05) is 0 Å². The first-order valence-corrected chi connectivity index (χ1v) is 5.33. The van der Waals surface area contributed by atoms with Crippen LogP contribution in [0, 0.1) is 0 Å². The van der Waals surface area contributed by atoms with E-state index in [9.17, 15) is 22.0 Å². The Kier molecular flexibility index (Phi) is 4.55. The Morgan fingerprint density at radius 2 is 1.82 bits per heavy atom. The molecule has 0 bridgehead atoms. The predicted molar refractivity (Wildman–Crippen MR) is 52.4 cm³/mol. The maximum absolute atomic E-state index is 12.0. The van der Waals surface area contributed by atoms with Gasteiger partial charge in [0.25, 0.3) is 0 Å². The third-order valence-corrected chi connectivity index (χ3v) is 2.25. The van der Waals surface area contributed by atoms with Gasteiger partial charge in [-0.3, -0.25) is 0 Å². The number of rotatable bonds is 4. The Hall–Kier alpha value is -1.05. The first-order valence-electron chi connectivity index (χ1n) is 4.21. The van der Waals surface area contributed by atoms with Crippen LogP contribution >= 0.6 is 15.9 Å². The van der Waals surface area contributed by atoms with E-state index in [0.717, 1.165) is 12.1 Å². The normalized spacial score (nSPS) is 11.7. The fourth-order valence-corrected chi connectivity index (χ4v) is 1.38. The summed E-state index contributed by atoms with van der Waals surface area (Å²) in [5.41, 5.74) is 0.482. The van der Waals surface area contributed by atoms with Gasteiger partial charge in [0.05, 0.1) is 0 Å². The monoisotopic (exact) mass is 320 g/mol. The van der Waals surface area contributed by atoms with Gasteiger partial charge in [-0.05, 0) is 17.7 Å². The lowest BCUT2D eigenvalue weighted by Crippen LogP contribution is -2.18. The minimum Gasteiger partial charge on any atom is -0.431 e. The van der Waals surface area contributed by atoms with Gasteiger partial charge in [0.1, 0.15) is 0 Å². The molecule has 0 atom stereocenters. The minimum atomic E-state index is -4.96. The number of alkyl halides is 6. The SMILES string of the molecule is FC(F)Oc1cc(CBr)ccc1OC(F)(F)F. The van der Waals surface area contributed by atoms with E-state index < -0.39 is 24.5 Å². The zero-order valence-corrected chi connectivity index (χ0v) is 9.69. The Labute approximate surface area is 101 Å². The Morgan fingerprint density at radius 1 is 1.18 bits per heavy atom. The Balaban J connectivity index is 3.02. The molecule has 0 unspecified atom stereocenters. The highest BCUT2D eigenvalue weighted by molar-refractivity contribution is 9.08. The zero-order chi connectivity index (χ0) is 13.1. The number of ether oxygens (including phenoxy) is 2. The van der Waals surface area contributed by atoms with Crippen molar-refractivity contribution in [3.05, 3.63) is 23.8 Å². The molecule has 2 nitrogen and oxygen atoms in total. The molecule has 0 N–H and O–H groups in total. The molecular formula is C9H6BrF5O2. The first kappa shape index (κ1) is 14.0. The minimum absolute atomic E-state index is 0.291.